The van der Waals surface area contributed by atoms with Gasteiger partial charge in [0.05, 0.1) is 0 Å². The Kier molecular flexibility index (Phi) is 9.11. The van der Waals surface area contributed by atoms with E-state index in [-0.39, 0.29) is 0 Å². The highest BCUT2D eigenvalue weighted by Gasteiger charge is 2.13. The Bertz CT molecular complexity index is 619. The molecule has 0 saturated heterocycles. The van der Waals surface area contributed by atoms with E-state index in [1.54, 1.807) is 12.7 Å². The quantitative estimate of drug-likeness (QED) is 0.576. The molecule has 9 heteroatoms. The lowest BCUT2D eigenvalue weighted by molar-refractivity contribution is -0.742. The molecule has 2 rings (SSSR count). The van der Waals surface area contributed by atoms with Crippen LogP contribution >= 0.6 is 23.2 Å². The van der Waals surface area contributed by atoms with E-state index in [9.17, 15) is 0 Å². The number of hydrogen-bond acceptors (Lipinski definition) is 4. The van der Waals surface area contributed by atoms with Crippen LogP contribution in [0.1, 0.15) is 31.7 Å². The van der Waals surface area contributed by atoms with Crippen LogP contribution in [0.15, 0.2) is 30.9 Å². The Labute approximate surface area is 150 Å². The fourth-order valence-electron chi connectivity index (χ4n) is 2.34. The van der Waals surface area contributed by atoms with Crippen molar-refractivity contribution in [1.82, 2.24) is 14.8 Å². The molecule has 132 valence electrons. The molecule has 1 N–H and O–H groups in total. The molecule has 24 heavy (non-hydrogen) atoms. The van der Waals surface area contributed by atoms with E-state index >= 15 is 0 Å². The van der Waals surface area contributed by atoms with Crippen LogP contribution in [0.2, 0.25) is 10.0 Å². The zero-order valence-corrected chi connectivity index (χ0v) is 14.8. The molecule has 7 nitrogen and oxygen atoms in total. The van der Waals surface area contributed by atoms with E-state index in [0.29, 0.717) is 10.9 Å². The van der Waals surface area contributed by atoms with Crippen molar-refractivity contribution < 1.29 is 10.3 Å². The van der Waals surface area contributed by atoms with Crippen molar-refractivity contribution in [2.45, 2.75) is 39.2 Å². The van der Waals surface area contributed by atoms with Crippen molar-refractivity contribution in [2.75, 3.05) is 0 Å². The molecule has 0 aliphatic carbocycles. The van der Waals surface area contributed by atoms with Gasteiger partial charge in [0.25, 0.3) is 5.09 Å². The molecule has 1 unspecified atom stereocenters. The van der Waals surface area contributed by atoms with Crippen LogP contribution in [0.25, 0.3) is 0 Å². The van der Waals surface area contributed by atoms with Crippen molar-refractivity contribution in [3.63, 3.8) is 0 Å². The molecule has 0 aliphatic rings. The van der Waals surface area contributed by atoms with Crippen LogP contribution in [0.3, 0.4) is 0 Å². The Morgan fingerprint density at radius 1 is 1.42 bits per heavy atom. The van der Waals surface area contributed by atoms with Crippen molar-refractivity contribution in [2.24, 2.45) is 5.92 Å². The maximum atomic E-state index is 8.36. The van der Waals surface area contributed by atoms with Crippen LogP contribution in [0.5, 0.6) is 0 Å². The molecule has 0 aliphatic heterocycles. The topological polar surface area (TPSA) is 94.1 Å². The molecule has 0 bridgehead atoms. The Morgan fingerprint density at radius 3 is 2.67 bits per heavy atom. The number of aromatic nitrogens is 3. The third-order valence-electron chi connectivity index (χ3n) is 3.40. The second-order valence-electron chi connectivity index (χ2n) is 5.30. The molecular formula is C15H20Cl2N4O3. The first-order valence-electron chi connectivity index (χ1n) is 7.52. The number of benzene rings is 1. The molecule has 0 radical (unpaired) electrons. The standard InChI is InChI=1S/C15H19Cl2N3.HNO3/c1-2-3-4-12(9-20-11-18-10-19-20)7-13-5-6-14(16)8-15(13)17;2-1(3)4/h5-6,8,10-12H,2-4,7,9H2,1H3;(H,2,3,4). The first-order chi connectivity index (χ1) is 11.4. The lowest BCUT2D eigenvalue weighted by Crippen LogP contribution is -2.14. The monoisotopic (exact) mass is 374 g/mol. The van der Waals surface area contributed by atoms with Gasteiger partial charge < -0.3 is 5.21 Å². The van der Waals surface area contributed by atoms with Gasteiger partial charge in [-0.25, -0.2) is 4.98 Å². The Balaban J connectivity index is 0.000000648. The lowest BCUT2D eigenvalue weighted by atomic mass is 9.94. The zero-order chi connectivity index (χ0) is 17.9. The summed E-state index contributed by atoms with van der Waals surface area (Å²) in [7, 11) is 0. The van der Waals surface area contributed by atoms with Gasteiger partial charge in [-0.3, -0.25) is 4.68 Å². The van der Waals surface area contributed by atoms with Crippen LogP contribution in [0, 0.1) is 16.0 Å². The van der Waals surface area contributed by atoms with E-state index in [1.165, 1.54) is 12.8 Å². The van der Waals surface area contributed by atoms with Gasteiger partial charge in [0.15, 0.2) is 0 Å². The predicted octanol–water partition coefficient (Wildman–Crippen LogP) is 4.29. The third kappa shape index (κ3) is 8.12. The minimum absolute atomic E-state index is 0.510. The third-order valence-corrected chi connectivity index (χ3v) is 3.99. The van der Waals surface area contributed by atoms with Crippen LogP contribution in [0.4, 0.5) is 0 Å². The maximum absolute atomic E-state index is 8.36. The summed E-state index contributed by atoms with van der Waals surface area (Å²) < 4.78 is 1.89. The van der Waals surface area contributed by atoms with Crippen molar-refractivity contribution in [3.05, 3.63) is 56.6 Å². The molecule has 1 aromatic heterocycles. The van der Waals surface area contributed by atoms with Crippen LogP contribution in [-0.4, -0.2) is 25.1 Å². The fourth-order valence-corrected chi connectivity index (χ4v) is 2.83. The molecular weight excluding hydrogens is 355 g/mol. The van der Waals surface area contributed by atoms with Gasteiger partial charge in [0.2, 0.25) is 0 Å². The minimum atomic E-state index is -1.50. The first-order valence-corrected chi connectivity index (χ1v) is 8.27. The summed E-state index contributed by atoms with van der Waals surface area (Å²) in [5, 5.41) is 19.3. The highest BCUT2D eigenvalue weighted by atomic mass is 35.5. The largest absolute Gasteiger partial charge is 0.328 e. The van der Waals surface area contributed by atoms with Gasteiger partial charge >= 0.3 is 0 Å². The van der Waals surface area contributed by atoms with Gasteiger partial charge in [0.1, 0.15) is 12.7 Å². The average molecular weight is 375 g/mol. The highest BCUT2D eigenvalue weighted by Crippen LogP contribution is 2.25. The summed E-state index contributed by atoms with van der Waals surface area (Å²) in [5.41, 5.74) is 1.15. The maximum Gasteiger partial charge on any atom is 0.291 e. The number of rotatable bonds is 7. The first kappa shape index (κ1) is 20.2. The van der Waals surface area contributed by atoms with Gasteiger partial charge in [-0.15, -0.1) is 10.1 Å². The Morgan fingerprint density at radius 2 is 2.12 bits per heavy atom. The summed E-state index contributed by atoms with van der Waals surface area (Å²) in [6.07, 6.45) is 7.85. The molecule has 0 spiro atoms. The molecule has 2 aromatic rings. The smallest absolute Gasteiger partial charge is 0.291 e. The zero-order valence-electron chi connectivity index (χ0n) is 13.3. The van der Waals surface area contributed by atoms with Gasteiger partial charge in [0, 0.05) is 16.6 Å². The lowest BCUT2D eigenvalue weighted by Gasteiger charge is -2.17. The summed E-state index contributed by atoms with van der Waals surface area (Å²) in [5.74, 6) is 0.510. The van der Waals surface area contributed by atoms with Crippen LogP contribution < -0.4 is 0 Å². The summed E-state index contributed by atoms with van der Waals surface area (Å²) in [4.78, 5) is 12.4. The van der Waals surface area contributed by atoms with E-state index in [4.69, 9.17) is 38.5 Å². The number of nitrogens with zero attached hydrogens (tertiary/aromatic N) is 4. The van der Waals surface area contributed by atoms with E-state index in [1.807, 2.05) is 22.9 Å². The number of halogens is 2. The van der Waals surface area contributed by atoms with E-state index < -0.39 is 5.09 Å². The highest BCUT2D eigenvalue weighted by molar-refractivity contribution is 6.35. The summed E-state index contributed by atoms with van der Waals surface area (Å²) in [6, 6.07) is 5.73. The van der Waals surface area contributed by atoms with E-state index in [2.05, 4.69) is 17.0 Å². The van der Waals surface area contributed by atoms with Crippen molar-refractivity contribution in [3.8, 4) is 0 Å². The second kappa shape index (κ2) is 10.8. The summed E-state index contributed by atoms with van der Waals surface area (Å²) in [6.45, 7) is 3.08. The van der Waals surface area contributed by atoms with E-state index in [0.717, 1.165) is 30.0 Å². The Hall–Kier alpha value is -1.86. The second-order valence-corrected chi connectivity index (χ2v) is 6.15. The molecule has 0 amide bonds. The number of hydrogen-bond donors (Lipinski definition) is 1. The predicted molar refractivity (Wildman–Crippen MR) is 92.0 cm³/mol. The average Bonchev–Trinajstić information content (AvgIpc) is 3.00. The normalized spacial score (nSPS) is 11.5. The molecule has 1 heterocycles. The molecule has 1 aromatic carbocycles. The molecule has 1 atom stereocenters. The molecule has 0 saturated carbocycles. The minimum Gasteiger partial charge on any atom is -0.328 e. The van der Waals surface area contributed by atoms with Gasteiger partial charge in [-0.2, -0.15) is 5.10 Å². The summed E-state index contributed by atoms with van der Waals surface area (Å²) >= 11 is 12.2. The van der Waals surface area contributed by atoms with Gasteiger partial charge in [-0.1, -0.05) is 49.0 Å². The SMILES string of the molecule is CCCCC(Cc1ccc(Cl)cc1Cl)Cn1cncn1.O=[N+]([O-])O. The number of unbranched alkanes of at least 4 members (excludes halogenated alkanes) is 1. The van der Waals surface area contributed by atoms with Crippen molar-refractivity contribution >= 4 is 23.2 Å². The van der Waals surface area contributed by atoms with Crippen LogP contribution in [-0.2, 0) is 13.0 Å². The molecule has 0 fully saturated rings. The van der Waals surface area contributed by atoms with Gasteiger partial charge in [-0.05, 0) is 36.5 Å². The van der Waals surface area contributed by atoms with Crippen molar-refractivity contribution in [1.29, 1.82) is 0 Å². The fraction of sp³-hybridized carbons (Fsp3) is 0.467.